The lowest BCUT2D eigenvalue weighted by atomic mass is 10.2. The standard InChI is InChI=1S/C12H17BrN2O2/c1-14-12(16)5-6-15-8-9-3-4-11(17-2)10(13)7-9/h3-4,7,15H,5-6,8H2,1-2H3,(H,14,16). The first-order chi connectivity index (χ1) is 8.17. The van der Waals surface area contributed by atoms with Gasteiger partial charge in [0.1, 0.15) is 5.75 Å². The van der Waals surface area contributed by atoms with Crippen molar-refractivity contribution in [1.82, 2.24) is 10.6 Å². The third-order valence-electron chi connectivity index (χ3n) is 2.35. The normalized spacial score (nSPS) is 10.1. The number of ether oxygens (including phenoxy) is 1. The molecule has 0 bridgehead atoms. The van der Waals surface area contributed by atoms with Gasteiger partial charge >= 0.3 is 0 Å². The predicted octanol–water partition coefficient (Wildman–Crippen LogP) is 1.68. The maximum atomic E-state index is 11.0. The van der Waals surface area contributed by atoms with Crippen LogP contribution < -0.4 is 15.4 Å². The van der Waals surface area contributed by atoms with E-state index < -0.39 is 0 Å². The Labute approximate surface area is 110 Å². The quantitative estimate of drug-likeness (QED) is 0.786. The zero-order chi connectivity index (χ0) is 12.7. The van der Waals surface area contributed by atoms with Crippen molar-refractivity contribution in [3.8, 4) is 5.75 Å². The van der Waals surface area contributed by atoms with E-state index in [4.69, 9.17) is 4.74 Å². The van der Waals surface area contributed by atoms with Crippen molar-refractivity contribution in [2.45, 2.75) is 13.0 Å². The summed E-state index contributed by atoms with van der Waals surface area (Å²) in [6.07, 6.45) is 0.494. The molecule has 1 aromatic carbocycles. The minimum absolute atomic E-state index is 0.0495. The zero-order valence-corrected chi connectivity index (χ0v) is 11.6. The van der Waals surface area contributed by atoms with E-state index in [1.807, 2.05) is 18.2 Å². The van der Waals surface area contributed by atoms with Gasteiger partial charge in [0.15, 0.2) is 0 Å². The summed E-state index contributed by atoms with van der Waals surface area (Å²) < 4.78 is 6.09. The number of halogens is 1. The second-order valence-corrected chi connectivity index (χ2v) is 4.42. The van der Waals surface area contributed by atoms with Crippen LogP contribution in [0.3, 0.4) is 0 Å². The zero-order valence-electron chi connectivity index (χ0n) is 10.0. The van der Waals surface area contributed by atoms with Crippen LogP contribution in [0.4, 0.5) is 0 Å². The molecule has 17 heavy (non-hydrogen) atoms. The number of benzene rings is 1. The van der Waals surface area contributed by atoms with Crippen molar-refractivity contribution in [2.75, 3.05) is 20.7 Å². The van der Waals surface area contributed by atoms with Crippen LogP contribution in [-0.2, 0) is 11.3 Å². The van der Waals surface area contributed by atoms with Crippen LogP contribution in [0.25, 0.3) is 0 Å². The number of hydrogen-bond acceptors (Lipinski definition) is 3. The van der Waals surface area contributed by atoms with Gasteiger partial charge < -0.3 is 15.4 Å². The van der Waals surface area contributed by atoms with E-state index in [1.54, 1.807) is 14.2 Å². The van der Waals surface area contributed by atoms with Crippen molar-refractivity contribution in [3.63, 3.8) is 0 Å². The summed E-state index contributed by atoms with van der Waals surface area (Å²) in [7, 11) is 3.28. The van der Waals surface area contributed by atoms with Crippen molar-refractivity contribution < 1.29 is 9.53 Å². The highest BCUT2D eigenvalue weighted by atomic mass is 79.9. The Hall–Kier alpha value is -1.07. The number of carbonyl (C=O) groups excluding carboxylic acids is 1. The van der Waals surface area contributed by atoms with Crippen LogP contribution in [0.5, 0.6) is 5.75 Å². The molecule has 0 aliphatic heterocycles. The summed E-state index contributed by atoms with van der Waals surface area (Å²) in [5, 5.41) is 5.79. The molecule has 0 aliphatic rings. The highest BCUT2D eigenvalue weighted by Gasteiger charge is 2.01. The molecule has 1 amide bonds. The van der Waals surface area contributed by atoms with Crippen molar-refractivity contribution in [3.05, 3.63) is 28.2 Å². The lowest BCUT2D eigenvalue weighted by Gasteiger charge is -2.07. The van der Waals surface area contributed by atoms with E-state index in [9.17, 15) is 4.79 Å². The molecule has 5 heteroatoms. The van der Waals surface area contributed by atoms with Crippen LogP contribution in [0.15, 0.2) is 22.7 Å². The van der Waals surface area contributed by atoms with Crippen LogP contribution in [0.2, 0.25) is 0 Å². The number of amides is 1. The first-order valence-electron chi connectivity index (χ1n) is 5.41. The summed E-state index contributed by atoms with van der Waals surface area (Å²) in [6, 6.07) is 5.92. The molecule has 0 unspecified atom stereocenters. The molecule has 1 aromatic rings. The summed E-state index contributed by atoms with van der Waals surface area (Å²) in [5.41, 5.74) is 1.15. The summed E-state index contributed by atoms with van der Waals surface area (Å²) in [4.78, 5) is 11.0. The molecule has 0 fully saturated rings. The van der Waals surface area contributed by atoms with Crippen molar-refractivity contribution in [2.24, 2.45) is 0 Å². The van der Waals surface area contributed by atoms with Gasteiger partial charge in [0, 0.05) is 26.6 Å². The lowest BCUT2D eigenvalue weighted by molar-refractivity contribution is -0.120. The smallest absolute Gasteiger partial charge is 0.221 e. The molecule has 1 rings (SSSR count). The third kappa shape index (κ3) is 4.75. The Bertz CT molecular complexity index is 383. The van der Waals surface area contributed by atoms with Gasteiger partial charge in [0.05, 0.1) is 11.6 Å². The molecule has 0 aliphatic carbocycles. The Morgan fingerprint density at radius 1 is 1.47 bits per heavy atom. The fraction of sp³-hybridized carbons (Fsp3) is 0.417. The topological polar surface area (TPSA) is 50.4 Å². The molecular weight excluding hydrogens is 284 g/mol. The molecule has 0 aromatic heterocycles. The Morgan fingerprint density at radius 2 is 2.24 bits per heavy atom. The predicted molar refractivity (Wildman–Crippen MR) is 71.1 cm³/mol. The first-order valence-corrected chi connectivity index (χ1v) is 6.20. The van der Waals surface area contributed by atoms with Crippen molar-refractivity contribution >= 4 is 21.8 Å². The molecule has 94 valence electrons. The summed E-state index contributed by atoms with van der Waals surface area (Å²) in [6.45, 7) is 1.41. The van der Waals surface area contributed by atoms with Gasteiger partial charge in [-0.3, -0.25) is 4.79 Å². The molecule has 0 saturated heterocycles. The van der Waals surface area contributed by atoms with Gasteiger partial charge in [0.2, 0.25) is 5.91 Å². The van der Waals surface area contributed by atoms with Crippen LogP contribution in [-0.4, -0.2) is 26.6 Å². The molecule has 0 heterocycles. The summed E-state index contributed by atoms with van der Waals surface area (Å²) in [5.74, 6) is 0.868. The van der Waals surface area contributed by atoms with Crippen LogP contribution in [0, 0.1) is 0 Å². The molecule has 0 saturated carbocycles. The van der Waals surface area contributed by atoms with Gasteiger partial charge in [-0.15, -0.1) is 0 Å². The van der Waals surface area contributed by atoms with Crippen molar-refractivity contribution in [1.29, 1.82) is 0 Å². The number of rotatable bonds is 6. The second kappa shape index (κ2) is 7.29. The molecule has 0 atom stereocenters. The monoisotopic (exact) mass is 300 g/mol. The van der Waals surface area contributed by atoms with E-state index >= 15 is 0 Å². The highest BCUT2D eigenvalue weighted by Crippen LogP contribution is 2.25. The molecule has 2 N–H and O–H groups in total. The van der Waals surface area contributed by atoms with E-state index in [2.05, 4.69) is 26.6 Å². The number of nitrogens with one attached hydrogen (secondary N) is 2. The maximum absolute atomic E-state index is 11.0. The SMILES string of the molecule is CNC(=O)CCNCc1ccc(OC)c(Br)c1. The fourth-order valence-electron chi connectivity index (χ4n) is 1.38. The second-order valence-electron chi connectivity index (χ2n) is 3.57. The highest BCUT2D eigenvalue weighted by molar-refractivity contribution is 9.10. The molecular formula is C12H17BrN2O2. The minimum Gasteiger partial charge on any atom is -0.496 e. The first kappa shape index (κ1) is 14.0. The molecule has 0 spiro atoms. The van der Waals surface area contributed by atoms with E-state index in [1.165, 1.54) is 0 Å². The maximum Gasteiger partial charge on any atom is 0.221 e. The van der Waals surface area contributed by atoms with Gasteiger partial charge in [-0.2, -0.15) is 0 Å². The van der Waals surface area contributed by atoms with E-state index in [0.29, 0.717) is 13.0 Å². The van der Waals surface area contributed by atoms with Gasteiger partial charge in [0.25, 0.3) is 0 Å². The number of carbonyl (C=O) groups is 1. The van der Waals surface area contributed by atoms with Crippen LogP contribution >= 0.6 is 15.9 Å². The van der Waals surface area contributed by atoms with Crippen LogP contribution in [0.1, 0.15) is 12.0 Å². The average molecular weight is 301 g/mol. The Kier molecular flexibility index (Phi) is 6.00. The molecule has 0 radical (unpaired) electrons. The third-order valence-corrected chi connectivity index (χ3v) is 2.97. The fourth-order valence-corrected chi connectivity index (χ4v) is 1.97. The Balaban J connectivity index is 2.37. The van der Waals surface area contributed by atoms with Gasteiger partial charge in [-0.1, -0.05) is 6.07 Å². The largest absolute Gasteiger partial charge is 0.496 e. The summed E-state index contributed by atoms with van der Waals surface area (Å²) >= 11 is 3.43. The lowest BCUT2D eigenvalue weighted by Crippen LogP contribution is -2.24. The van der Waals surface area contributed by atoms with Gasteiger partial charge in [-0.05, 0) is 33.6 Å². The molecule has 4 nitrogen and oxygen atoms in total. The number of hydrogen-bond donors (Lipinski definition) is 2. The minimum atomic E-state index is 0.0495. The van der Waals surface area contributed by atoms with Gasteiger partial charge in [-0.25, -0.2) is 0 Å². The Morgan fingerprint density at radius 3 is 2.82 bits per heavy atom. The van der Waals surface area contributed by atoms with E-state index in [-0.39, 0.29) is 5.91 Å². The number of methoxy groups -OCH3 is 1. The average Bonchev–Trinajstić information content (AvgIpc) is 2.34. The van der Waals surface area contributed by atoms with E-state index in [0.717, 1.165) is 22.3 Å².